The van der Waals surface area contributed by atoms with Gasteiger partial charge in [-0.3, -0.25) is 9.59 Å². The van der Waals surface area contributed by atoms with Crippen molar-refractivity contribution in [3.63, 3.8) is 0 Å². The molecule has 0 aliphatic carbocycles. The lowest BCUT2D eigenvalue weighted by molar-refractivity contribution is -0.124. The Morgan fingerprint density at radius 3 is 1.33 bits per heavy atom. The first kappa shape index (κ1) is 44.5. The van der Waals surface area contributed by atoms with Crippen LogP contribution in [0.3, 0.4) is 0 Å². The van der Waals surface area contributed by atoms with Crippen molar-refractivity contribution < 1.29 is 9.59 Å². The summed E-state index contributed by atoms with van der Waals surface area (Å²) in [4.78, 5) is 42.4. The molecule has 4 rings (SSSR count). The first-order chi connectivity index (χ1) is 26.3. The maximum Gasteiger partial charge on any atom is 0.261 e. The Morgan fingerprint density at radius 2 is 0.926 bits per heavy atom. The van der Waals surface area contributed by atoms with Crippen LogP contribution in [0.1, 0.15) is 201 Å². The zero-order chi connectivity index (χ0) is 38.7. The summed E-state index contributed by atoms with van der Waals surface area (Å²) in [5.41, 5.74) is 2.90. The van der Waals surface area contributed by atoms with Gasteiger partial charge >= 0.3 is 0 Å². The molecule has 0 spiro atoms. The van der Waals surface area contributed by atoms with Gasteiger partial charge in [0.2, 0.25) is 0 Å². The number of carbonyl (C=O) groups excluding carboxylic acids is 2. The monoisotopic (exact) mass is 778 g/mol. The maximum absolute atomic E-state index is 15.1. The number of aryl methyl sites for hydroxylation is 2. The first-order valence-electron chi connectivity index (χ1n) is 22.5. The highest BCUT2D eigenvalue weighted by Gasteiger charge is 2.50. The minimum absolute atomic E-state index is 0.0154. The van der Waals surface area contributed by atoms with Crippen molar-refractivity contribution in [3.05, 3.63) is 49.1 Å². The van der Waals surface area contributed by atoms with Crippen LogP contribution in [0.5, 0.6) is 0 Å². The van der Waals surface area contributed by atoms with E-state index in [9.17, 15) is 0 Å². The van der Waals surface area contributed by atoms with Crippen LogP contribution in [0.25, 0.3) is 11.4 Å². The number of rotatable bonds is 30. The second-order valence-electron chi connectivity index (χ2n) is 16.5. The molecule has 5 nitrogen and oxygen atoms in total. The number of nitrogens with zero attached hydrogens (tertiary/aromatic N) is 3. The predicted octanol–water partition coefficient (Wildman–Crippen LogP) is 14.3. The molecule has 0 saturated heterocycles. The lowest BCUT2D eigenvalue weighted by Crippen LogP contribution is -2.34. The van der Waals surface area contributed by atoms with Crippen molar-refractivity contribution >= 4 is 45.9 Å². The molecule has 302 valence electrons. The third-order valence-corrected chi connectivity index (χ3v) is 13.7. The van der Waals surface area contributed by atoms with E-state index in [1.165, 1.54) is 133 Å². The Labute approximate surface area is 338 Å². The van der Waals surface area contributed by atoms with Crippen molar-refractivity contribution in [2.24, 2.45) is 11.8 Å². The number of thiophene rings is 1. The Hall–Kier alpha value is -2.25. The Balaban J connectivity index is 1.69. The number of unbranched alkanes of at least 4 members (excludes halogenated alkanes) is 16. The minimum atomic E-state index is 0.0154. The molecule has 0 radical (unpaired) electrons. The fourth-order valence-corrected chi connectivity index (χ4v) is 10.3. The number of hydrogen-bond donors (Lipinski definition) is 0. The minimum Gasteiger partial charge on any atom is -0.306 e. The standard InChI is InChI=1S/C47H75N3O2S2/c1-7-11-15-19-21-25-29-38(27-23-17-13-9-3)34-49-43(40-32-31-36(5)53-40)41-42(47(49)52)44(45-48-33-37(6)54-45)50(46(41)51)35-39(28-24-18-14-10-4)30-26-22-20-16-12-8-2/h31-33,38-39H,7-30,34-35H2,1-6H3. The van der Waals surface area contributed by atoms with E-state index in [2.05, 4.69) is 53.7 Å². The van der Waals surface area contributed by atoms with E-state index >= 15 is 9.59 Å². The van der Waals surface area contributed by atoms with Gasteiger partial charge in [-0.1, -0.05) is 156 Å². The molecule has 0 aromatic carbocycles. The van der Waals surface area contributed by atoms with Gasteiger partial charge in [0.15, 0.2) is 0 Å². The molecular weight excluding hydrogens is 703 g/mol. The fraction of sp³-hybridized carbons (Fsp3) is 0.723. The van der Waals surface area contributed by atoms with E-state index in [1.54, 1.807) is 22.7 Å². The van der Waals surface area contributed by atoms with Gasteiger partial charge in [-0.2, -0.15) is 0 Å². The summed E-state index contributed by atoms with van der Waals surface area (Å²) < 4.78 is 0. The number of thiazole rings is 1. The van der Waals surface area contributed by atoms with Crippen LogP contribution in [0.2, 0.25) is 0 Å². The van der Waals surface area contributed by atoms with Crippen LogP contribution < -0.4 is 0 Å². The van der Waals surface area contributed by atoms with Gasteiger partial charge in [0.25, 0.3) is 11.8 Å². The highest BCUT2D eigenvalue weighted by Crippen LogP contribution is 2.49. The number of aromatic nitrogens is 1. The van der Waals surface area contributed by atoms with Crippen molar-refractivity contribution in [2.45, 2.75) is 196 Å². The zero-order valence-corrected chi connectivity index (χ0v) is 36.9. The molecule has 2 aromatic rings. The summed E-state index contributed by atoms with van der Waals surface area (Å²) in [5.74, 6) is 0.870. The average Bonchev–Trinajstić information content (AvgIpc) is 3.92. The number of carbonyl (C=O) groups is 2. The van der Waals surface area contributed by atoms with E-state index in [0.717, 1.165) is 51.8 Å². The lowest BCUT2D eigenvalue weighted by Gasteiger charge is -2.29. The second kappa shape index (κ2) is 24.4. The smallest absolute Gasteiger partial charge is 0.261 e. The topological polar surface area (TPSA) is 53.5 Å². The molecule has 2 aliphatic heterocycles. The molecule has 7 heteroatoms. The molecule has 2 aromatic heterocycles. The van der Waals surface area contributed by atoms with Gasteiger partial charge in [0.1, 0.15) is 5.01 Å². The SMILES string of the molecule is CCCCCCCCC(CCCCCC)CN1C(=O)C2=C(c3ncc(C)s3)N(CC(CCCCCC)CCCCCCCC)C(=O)C2=C1c1ccc(C)s1. The van der Waals surface area contributed by atoms with Gasteiger partial charge in [-0.25, -0.2) is 4.98 Å². The van der Waals surface area contributed by atoms with Gasteiger partial charge in [-0.15, -0.1) is 22.7 Å². The van der Waals surface area contributed by atoms with E-state index in [4.69, 9.17) is 4.98 Å². The van der Waals surface area contributed by atoms with Crippen LogP contribution in [0.4, 0.5) is 0 Å². The van der Waals surface area contributed by atoms with Crippen molar-refractivity contribution in [3.8, 4) is 0 Å². The van der Waals surface area contributed by atoms with E-state index < -0.39 is 0 Å². The van der Waals surface area contributed by atoms with Crippen LogP contribution in [0.15, 0.2) is 29.5 Å². The summed E-state index contributed by atoms with van der Waals surface area (Å²) in [7, 11) is 0. The Morgan fingerprint density at radius 1 is 0.519 bits per heavy atom. The van der Waals surface area contributed by atoms with Gasteiger partial charge in [0.05, 0.1) is 27.4 Å². The van der Waals surface area contributed by atoms with Crippen molar-refractivity contribution in [1.29, 1.82) is 0 Å². The van der Waals surface area contributed by atoms with Gasteiger partial charge < -0.3 is 9.80 Å². The first-order valence-corrected chi connectivity index (χ1v) is 24.1. The lowest BCUT2D eigenvalue weighted by atomic mass is 9.93. The zero-order valence-electron chi connectivity index (χ0n) is 35.2. The number of amides is 2. The number of fused-ring (bicyclic) bond motifs is 1. The van der Waals surface area contributed by atoms with Crippen molar-refractivity contribution in [1.82, 2.24) is 14.8 Å². The van der Waals surface area contributed by atoms with Crippen LogP contribution in [-0.2, 0) is 9.59 Å². The predicted molar refractivity (Wildman–Crippen MR) is 234 cm³/mol. The van der Waals surface area contributed by atoms with Crippen LogP contribution >= 0.6 is 22.7 Å². The van der Waals surface area contributed by atoms with Crippen LogP contribution in [0, 0.1) is 25.7 Å². The molecule has 2 atom stereocenters. The summed E-state index contributed by atoms with van der Waals surface area (Å²) in [6.45, 7) is 14.7. The number of hydrogen-bond acceptors (Lipinski definition) is 5. The van der Waals surface area contributed by atoms with E-state index in [1.807, 2.05) is 16.0 Å². The third-order valence-electron chi connectivity index (χ3n) is 11.7. The largest absolute Gasteiger partial charge is 0.306 e. The molecule has 0 saturated carbocycles. The molecule has 54 heavy (non-hydrogen) atoms. The highest BCUT2D eigenvalue weighted by molar-refractivity contribution is 7.13. The third kappa shape index (κ3) is 12.9. The summed E-state index contributed by atoms with van der Waals surface area (Å²) in [5, 5.41) is 0.815. The summed E-state index contributed by atoms with van der Waals surface area (Å²) in [6.07, 6.45) is 31.7. The molecule has 2 aliphatic rings. The quantitative estimate of drug-likeness (QED) is 0.0742. The summed E-state index contributed by atoms with van der Waals surface area (Å²) >= 11 is 3.34. The summed E-state index contributed by atoms with van der Waals surface area (Å²) in [6, 6.07) is 4.29. The highest BCUT2D eigenvalue weighted by atomic mass is 32.1. The van der Waals surface area contributed by atoms with Crippen molar-refractivity contribution in [2.75, 3.05) is 13.1 Å². The van der Waals surface area contributed by atoms with E-state index in [0.29, 0.717) is 36.1 Å². The molecule has 2 amide bonds. The molecule has 0 bridgehead atoms. The Kier molecular flexibility index (Phi) is 20.1. The normalized spacial score (nSPS) is 15.7. The second-order valence-corrected chi connectivity index (χ2v) is 19.0. The molecule has 0 fully saturated rings. The molecular formula is C47H75N3O2S2. The van der Waals surface area contributed by atoms with E-state index in [-0.39, 0.29) is 11.8 Å². The molecule has 2 unspecified atom stereocenters. The van der Waals surface area contributed by atoms with Gasteiger partial charge in [0, 0.05) is 29.0 Å². The van der Waals surface area contributed by atoms with Gasteiger partial charge in [-0.05, 0) is 63.5 Å². The maximum atomic E-state index is 15.1. The molecule has 4 heterocycles. The average molecular weight is 778 g/mol. The fourth-order valence-electron chi connectivity index (χ4n) is 8.57. The Bertz CT molecular complexity index is 1370. The van der Waals surface area contributed by atoms with Crippen LogP contribution in [-0.4, -0.2) is 39.7 Å². The molecule has 0 N–H and O–H groups in total.